The molecular formula is C27H27O5P. The zero-order chi connectivity index (χ0) is 23.7. The highest BCUT2D eigenvalue weighted by atomic mass is 31.2. The molecule has 0 aliphatic carbocycles. The maximum absolute atomic E-state index is 13.7. The van der Waals surface area contributed by atoms with Gasteiger partial charge in [0.1, 0.15) is 23.2 Å². The van der Waals surface area contributed by atoms with Crippen LogP contribution in [0, 0.1) is 0 Å². The third kappa shape index (κ3) is 5.37. The van der Waals surface area contributed by atoms with Crippen LogP contribution in [0.4, 0.5) is 0 Å². The van der Waals surface area contributed by atoms with Gasteiger partial charge in [-0.25, -0.2) is 4.79 Å². The number of carbonyl (C=O) groups excluding carboxylic acids is 3. The molecule has 1 atom stereocenters. The predicted octanol–water partition coefficient (Wildman–Crippen LogP) is 2.40. The van der Waals surface area contributed by atoms with Crippen molar-refractivity contribution in [1.82, 2.24) is 0 Å². The molecule has 3 aromatic carbocycles. The predicted molar refractivity (Wildman–Crippen MR) is 129 cm³/mol. The Morgan fingerprint density at radius 2 is 1.18 bits per heavy atom. The Bertz CT molecular complexity index is 971. The van der Waals surface area contributed by atoms with Crippen LogP contribution in [0.1, 0.15) is 26.2 Å². The lowest BCUT2D eigenvalue weighted by molar-refractivity contribution is -0.305. The molecule has 0 saturated carbocycles. The largest absolute Gasteiger partial charge is 0.550 e. The number of hydrogen-bond donors (Lipinski definition) is 0. The van der Waals surface area contributed by atoms with Crippen molar-refractivity contribution in [2.75, 3.05) is 6.61 Å². The number of ketones is 1. The van der Waals surface area contributed by atoms with Gasteiger partial charge < -0.3 is 14.6 Å². The van der Waals surface area contributed by atoms with Gasteiger partial charge in [-0.3, -0.25) is 4.79 Å². The molecule has 0 fully saturated rings. The van der Waals surface area contributed by atoms with E-state index in [1.807, 2.05) is 91.0 Å². The topological polar surface area (TPSA) is 83.5 Å². The van der Waals surface area contributed by atoms with Crippen molar-refractivity contribution in [3.8, 4) is 0 Å². The lowest BCUT2D eigenvalue weighted by Crippen LogP contribution is -2.47. The van der Waals surface area contributed by atoms with Crippen molar-refractivity contribution < 1.29 is 24.2 Å². The Morgan fingerprint density at radius 1 is 0.758 bits per heavy atom. The summed E-state index contributed by atoms with van der Waals surface area (Å²) in [5.74, 6) is -2.12. The van der Waals surface area contributed by atoms with E-state index in [4.69, 9.17) is 4.74 Å². The summed E-state index contributed by atoms with van der Waals surface area (Å²) in [6, 6.07) is 28.8. The first-order valence-electron chi connectivity index (χ1n) is 11.0. The van der Waals surface area contributed by atoms with Crippen LogP contribution >= 0.6 is 7.26 Å². The average molecular weight is 462 g/mol. The number of carbonyl (C=O) groups is 3. The molecule has 0 heterocycles. The summed E-state index contributed by atoms with van der Waals surface area (Å²) in [4.78, 5) is 38.2. The van der Waals surface area contributed by atoms with Gasteiger partial charge in [0.15, 0.2) is 5.78 Å². The zero-order valence-electron chi connectivity index (χ0n) is 18.6. The Morgan fingerprint density at radius 3 is 1.55 bits per heavy atom. The molecule has 3 rings (SSSR count). The number of aliphatic carboxylic acids is 1. The van der Waals surface area contributed by atoms with E-state index in [0.717, 1.165) is 15.9 Å². The van der Waals surface area contributed by atoms with Crippen LogP contribution in [-0.4, -0.2) is 30.0 Å². The van der Waals surface area contributed by atoms with Gasteiger partial charge in [-0.05, 0) is 56.2 Å². The monoisotopic (exact) mass is 462 g/mol. The van der Waals surface area contributed by atoms with Crippen LogP contribution in [0.5, 0.6) is 0 Å². The van der Waals surface area contributed by atoms with Crippen molar-refractivity contribution in [1.29, 1.82) is 0 Å². The van der Waals surface area contributed by atoms with E-state index < -0.39 is 24.9 Å². The fourth-order valence-electron chi connectivity index (χ4n) is 4.15. The SMILES string of the molecule is CCOC(=O)C(C(=O)CCCC(=O)[O-])[P+](c1ccccc1)(c1ccccc1)c1ccccc1. The van der Waals surface area contributed by atoms with Crippen LogP contribution in [-0.2, 0) is 19.1 Å². The number of ether oxygens (including phenoxy) is 1. The number of benzene rings is 3. The number of rotatable bonds is 11. The van der Waals surface area contributed by atoms with Crippen molar-refractivity contribution in [2.24, 2.45) is 0 Å². The van der Waals surface area contributed by atoms with E-state index in [-0.39, 0.29) is 31.7 Å². The lowest BCUT2D eigenvalue weighted by Gasteiger charge is -2.32. The van der Waals surface area contributed by atoms with Crippen molar-refractivity contribution in [3.05, 3.63) is 91.0 Å². The van der Waals surface area contributed by atoms with Gasteiger partial charge in [0, 0.05) is 12.4 Å². The molecule has 0 spiro atoms. The number of carboxylic acids is 1. The summed E-state index contributed by atoms with van der Waals surface area (Å²) in [5, 5.41) is 13.6. The Balaban J connectivity index is 2.31. The Kier molecular flexibility index (Phi) is 8.51. The minimum Gasteiger partial charge on any atom is -0.550 e. The molecule has 170 valence electrons. The summed E-state index contributed by atoms with van der Waals surface area (Å²) in [6.07, 6.45) is -0.185. The molecule has 5 nitrogen and oxygen atoms in total. The van der Waals surface area contributed by atoms with Gasteiger partial charge in [0.25, 0.3) is 0 Å². The number of hydrogen-bond acceptors (Lipinski definition) is 5. The minimum atomic E-state index is -2.86. The van der Waals surface area contributed by atoms with E-state index in [0.29, 0.717) is 0 Å². The van der Waals surface area contributed by atoms with Gasteiger partial charge in [-0.1, -0.05) is 54.6 Å². The average Bonchev–Trinajstić information content (AvgIpc) is 2.84. The second-order valence-corrected chi connectivity index (χ2v) is 11.1. The van der Waals surface area contributed by atoms with E-state index in [1.165, 1.54) is 0 Å². The molecule has 0 aliphatic heterocycles. The zero-order valence-corrected chi connectivity index (χ0v) is 19.4. The van der Waals surface area contributed by atoms with Crippen LogP contribution in [0.3, 0.4) is 0 Å². The highest BCUT2D eigenvalue weighted by molar-refractivity contribution is 7.97. The number of Topliss-reactive ketones (excluding diaryl/α,β-unsaturated/α-hetero) is 1. The molecule has 33 heavy (non-hydrogen) atoms. The summed E-state index contributed by atoms with van der Waals surface area (Å²) >= 11 is 0. The van der Waals surface area contributed by atoms with E-state index in [2.05, 4.69) is 0 Å². The lowest BCUT2D eigenvalue weighted by atomic mass is 10.1. The van der Waals surface area contributed by atoms with Crippen LogP contribution < -0.4 is 21.0 Å². The third-order valence-electron chi connectivity index (χ3n) is 5.50. The van der Waals surface area contributed by atoms with Gasteiger partial charge in [-0.15, -0.1) is 0 Å². The van der Waals surface area contributed by atoms with Crippen molar-refractivity contribution >= 4 is 40.9 Å². The molecule has 1 unspecified atom stereocenters. The van der Waals surface area contributed by atoms with Crippen LogP contribution in [0.2, 0.25) is 0 Å². The molecule has 0 amide bonds. The highest BCUT2D eigenvalue weighted by Gasteiger charge is 2.59. The van der Waals surface area contributed by atoms with Gasteiger partial charge in [0.2, 0.25) is 5.66 Å². The first-order chi connectivity index (χ1) is 16.0. The van der Waals surface area contributed by atoms with Crippen LogP contribution in [0.25, 0.3) is 0 Å². The van der Waals surface area contributed by atoms with E-state index in [9.17, 15) is 19.5 Å². The standard InChI is InChI=1S/C27H27O5P/c1-2-32-27(31)26(24(28)19-12-20-25(29)30)33(21-13-6-3-7-14-21,22-15-8-4-9-16-22)23-17-10-5-11-18-23/h3-11,13-18,26H,2,12,19-20H2,1H3. The second kappa shape index (κ2) is 11.5. The molecule has 0 radical (unpaired) electrons. The van der Waals surface area contributed by atoms with E-state index in [1.54, 1.807) is 6.92 Å². The fourth-order valence-corrected chi connectivity index (χ4v) is 8.82. The summed E-state index contributed by atoms with van der Waals surface area (Å²) in [6.45, 7) is 1.85. The molecular weight excluding hydrogens is 435 g/mol. The van der Waals surface area contributed by atoms with Gasteiger partial charge in [-0.2, -0.15) is 0 Å². The molecule has 0 saturated heterocycles. The van der Waals surface area contributed by atoms with Crippen LogP contribution in [0.15, 0.2) is 91.0 Å². The molecule has 0 aromatic heterocycles. The fraction of sp³-hybridized carbons (Fsp3) is 0.222. The third-order valence-corrected chi connectivity index (χ3v) is 10.1. The molecule has 0 aliphatic rings. The molecule has 3 aromatic rings. The summed E-state index contributed by atoms with van der Waals surface area (Å²) < 4.78 is 5.46. The van der Waals surface area contributed by atoms with Gasteiger partial charge in [0.05, 0.1) is 6.61 Å². The maximum atomic E-state index is 13.7. The number of esters is 1. The molecule has 0 N–H and O–H groups in total. The quantitative estimate of drug-likeness (QED) is 0.248. The molecule has 0 bridgehead atoms. The summed E-state index contributed by atoms with van der Waals surface area (Å²) in [7, 11) is -2.86. The van der Waals surface area contributed by atoms with Gasteiger partial charge >= 0.3 is 5.97 Å². The molecule has 6 heteroatoms. The Labute approximate surface area is 194 Å². The van der Waals surface area contributed by atoms with E-state index >= 15 is 0 Å². The summed E-state index contributed by atoms with van der Waals surface area (Å²) in [5.41, 5.74) is -1.09. The maximum Gasteiger partial charge on any atom is 0.356 e. The highest BCUT2D eigenvalue weighted by Crippen LogP contribution is 2.60. The normalized spacial score (nSPS) is 12.0. The second-order valence-electron chi connectivity index (χ2n) is 7.58. The Hall–Kier alpha value is -3.30. The number of carboxylic acid groups (broad SMARTS) is 1. The smallest absolute Gasteiger partial charge is 0.356 e. The first-order valence-corrected chi connectivity index (χ1v) is 12.8. The first kappa shape index (κ1) is 24.3. The van der Waals surface area contributed by atoms with Crippen molar-refractivity contribution in [3.63, 3.8) is 0 Å². The van der Waals surface area contributed by atoms with Crippen molar-refractivity contribution in [2.45, 2.75) is 31.8 Å². The minimum absolute atomic E-state index is 0.0499.